The molecule has 3 aromatic rings. The van der Waals surface area contributed by atoms with Crippen LogP contribution in [0.5, 0.6) is 17.2 Å². The van der Waals surface area contributed by atoms with Gasteiger partial charge in [0.15, 0.2) is 0 Å². The van der Waals surface area contributed by atoms with Crippen LogP contribution < -0.4 is 9.47 Å². The third kappa shape index (κ3) is 4.07. The van der Waals surface area contributed by atoms with Gasteiger partial charge in [0, 0.05) is 6.07 Å². The van der Waals surface area contributed by atoms with Gasteiger partial charge in [-0.15, -0.1) is 0 Å². The second kappa shape index (κ2) is 7.54. The molecule has 3 rings (SSSR count). The van der Waals surface area contributed by atoms with Crippen molar-refractivity contribution in [3.05, 3.63) is 88.9 Å². The van der Waals surface area contributed by atoms with Crippen LogP contribution in [0.2, 0.25) is 5.02 Å². The molecule has 0 aliphatic carbocycles. The van der Waals surface area contributed by atoms with Crippen LogP contribution in [0.1, 0.15) is 11.1 Å². The standard InChI is InChI=1S/C20H14ClNO2/c21-19-11-10-18(24-17-8-6-15(13-22)7-9-17)12-20(19)23-14-16-4-2-1-3-5-16/h1-12H,14H2. The molecule has 0 spiro atoms. The van der Waals surface area contributed by atoms with E-state index in [0.29, 0.717) is 34.4 Å². The lowest BCUT2D eigenvalue weighted by Crippen LogP contribution is -1.96. The van der Waals surface area contributed by atoms with Crippen molar-refractivity contribution >= 4 is 11.6 Å². The molecule has 0 atom stereocenters. The largest absolute Gasteiger partial charge is 0.487 e. The molecule has 0 fully saturated rings. The zero-order valence-electron chi connectivity index (χ0n) is 12.8. The predicted octanol–water partition coefficient (Wildman–Crippen LogP) is 5.58. The van der Waals surface area contributed by atoms with Crippen molar-refractivity contribution in [1.82, 2.24) is 0 Å². The molecule has 0 aliphatic heterocycles. The van der Waals surface area contributed by atoms with Gasteiger partial charge in [-0.25, -0.2) is 0 Å². The fourth-order valence-corrected chi connectivity index (χ4v) is 2.30. The molecular formula is C20H14ClNO2. The lowest BCUT2D eigenvalue weighted by atomic mass is 10.2. The summed E-state index contributed by atoms with van der Waals surface area (Å²) in [5.74, 6) is 1.82. The van der Waals surface area contributed by atoms with Crippen molar-refractivity contribution in [3.63, 3.8) is 0 Å². The molecule has 0 N–H and O–H groups in total. The third-order valence-corrected chi connectivity index (χ3v) is 3.67. The monoisotopic (exact) mass is 335 g/mol. The first-order valence-electron chi connectivity index (χ1n) is 7.39. The molecule has 0 unspecified atom stereocenters. The number of hydrogen-bond donors (Lipinski definition) is 0. The molecule has 24 heavy (non-hydrogen) atoms. The Labute approximate surface area is 145 Å². The van der Waals surface area contributed by atoms with Gasteiger partial charge in [-0.2, -0.15) is 5.26 Å². The zero-order valence-corrected chi connectivity index (χ0v) is 13.5. The van der Waals surface area contributed by atoms with Crippen LogP contribution in [0, 0.1) is 11.3 Å². The van der Waals surface area contributed by atoms with E-state index < -0.39 is 0 Å². The van der Waals surface area contributed by atoms with Gasteiger partial charge >= 0.3 is 0 Å². The lowest BCUT2D eigenvalue weighted by molar-refractivity contribution is 0.305. The van der Waals surface area contributed by atoms with Crippen molar-refractivity contribution in [3.8, 4) is 23.3 Å². The summed E-state index contributed by atoms with van der Waals surface area (Å²) in [6.45, 7) is 0.431. The van der Waals surface area contributed by atoms with Crippen LogP contribution in [-0.4, -0.2) is 0 Å². The molecule has 0 amide bonds. The quantitative estimate of drug-likeness (QED) is 0.611. The van der Waals surface area contributed by atoms with Gasteiger partial charge < -0.3 is 9.47 Å². The minimum Gasteiger partial charge on any atom is -0.487 e. The van der Waals surface area contributed by atoms with E-state index in [4.69, 9.17) is 26.3 Å². The minimum absolute atomic E-state index is 0.431. The molecule has 0 aromatic heterocycles. The smallest absolute Gasteiger partial charge is 0.142 e. The van der Waals surface area contributed by atoms with E-state index in [1.807, 2.05) is 30.3 Å². The number of hydrogen-bond acceptors (Lipinski definition) is 3. The van der Waals surface area contributed by atoms with Crippen LogP contribution >= 0.6 is 11.6 Å². The molecule has 0 heterocycles. The van der Waals surface area contributed by atoms with E-state index in [1.54, 1.807) is 42.5 Å². The fraction of sp³-hybridized carbons (Fsp3) is 0.0500. The lowest BCUT2D eigenvalue weighted by Gasteiger charge is -2.11. The number of rotatable bonds is 5. The summed E-state index contributed by atoms with van der Waals surface area (Å²) in [5, 5.41) is 9.34. The van der Waals surface area contributed by atoms with Crippen molar-refractivity contribution in [1.29, 1.82) is 5.26 Å². The number of halogens is 1. The Morgan fingerprint density at radius 1 is 0.875 bits per heavy atom. The van der Waals surface area contributed by atoms with Crippen LogP contribution in [0.15, 0.2) is 72.8 Å². The maximum absolute atomic E-state index is 8.82. The van der Waals surface area contributed by atoms with Crippen molar-refractivity contribution in [2.24, 2.45) is 0 Å². The molecule has 0 saturated carbocycles. The predicted molar refractivity (Wildman–Crippen MR) is 93.5 cm³/mol. The summed E-state index contributed by atoms with van der Waals surface area (Å²) < 4.78 is 11.6. The number of ether oxygens (including phenoxy) is 2. The van der Waals surface area contributed by atoms with E-state index in [2.05, 4.69) is 6.07 Å². The van der Waals surface area contributed by atoms with Gasteiger partial charge in [0.1, 0.15) is 23.9 Å². The van der Waals surface area contributed by atoms with Gasteiger partial charge in [0.25, 0.3) is 0 Å². The minimum atomic E-state index is 0.431. The first-order valence-corrected chi connectivity index (χ1v) is 7.77. The van der Waals surface area contributed by atoms with E-state index in [0.717, 1.165) is 5.56 Å². The molecule has 3 nitrogen and oxygen atoms in total. The first-order chi connectivity index (χ1) is 11.7. The molecule has 0 bridgehead atoms. The highest BCUT2D eigenvalue weighted by atomic mass is 35.5. The molecule has 3 aromatic carbocycles. The zero-order chi connectivity index (χ0) is 16.8. The highest BCUT2D eigenvalue weighted by Crippen LogP contribution is 2.32. The summed E-state index contributed by atoms with van der Waals surface area (Å²) in [7, 11) is 0. The normalized spacial score (nSPS) is 10.0. The Balaban J connectivity index is 1.72. The molecule has 4 heteroatoms. The van der Waals surface area contributed by atoms with E-state index >= 15 is 0 Å². The van der Waals surface area contributed by atoms with Crippen LogP contribution in [0.25, 0.3) is 0 Å². The Kier molecular flexibility index (Phi) is 5.00. The topological polar surface area (TPSA) is 42.2 Å². The number of nitrogens with zero attached hydrogens (tertiary/aromatic N) is 1. The maximum atomic E-state index is 8.82. The molecule has 0 aliphatic rings. The highest BCUT2D eigenvalue weighted by Gasteiger charge is 2.06. The van der Waals surface area contributed by atoms with E-state index in [-0.39, 0.29) is 0 Å². The summed E-state index contributed by atoms with van der Waals surface area (Å²) in [4.78, 5) is 0. The summed E-state index contributed by atoms with van der Waals surface area (Å²) in [6.07, 6.45) is 0. The fourth-order valence-electron chi connectivity index (χ4n) is 2.13. The van der Waals surface area contributed by atoms with Crippen molar-refractivity contribution in [2.45, 2.75) is 6.61 Å². The number of benzene rings is 3. The first kappa shape index (κ1) is 15.9. The van der Waals surface area contributed by atoms with Gasteiger partial charge in [-0.1, -0.05) is 41.9 Å². The van der Waals surface area contributed by atoms with Gasteiger partial charge in [-0.3, -0.25) is 0 Å². The third-order valence-electron chi connectivity index (χ3n) is 3.36. The summed E-state index contributed by atoms with van der Waals surface area (Å²) in [5.41, 5.74) is 1.65. The highest BCUT2D eigenvalue weighted by molar-refractivity contribution is 6.32. The second-order valence-electron chi connectivity index (χ2n) is 5.10. The van der Waals surface area contributed by atoms with Crippen LogP contribution in [0.4, 0.5) is 0 Å². The van der Waals surface area contributed by atoms with Gasteiger partial charge in [-0.05, 0) is 42.0 Å². The van der Waals surface area contributed by atoms with Crippen molar-refractivity contribution < 1.29 is 9.47 Å². The summed E-state index contributed by atoms with van der Waals surface area (Å²) in [6, 6.07) is 24.1. The Morgan fingerprint density at radius 2 is 1.58 bits per heavy atom. The van der Waals surface area contributed by atoms with Crippen LogP contribution in [0.3, 0.4) is 0 Å². The van der Waals surface area contributed by atoms with Crippen LogP contribution in [-0.2, 0) is 6.61 Å². The average Bonchev–Trinajstić information content (AvgIpc) is 2.63. The SMILES string of the molecule is N#Cc1ccc(Oc2ccc(Cl)c(OCc3ccccc3)c2)cc1. The average molecular weight is 336 g/mol. The van der Waals surface area contributed by atoms with E-state index in [9.17, 15) is 0 Å². The van der Waals surface area contributed by atoms with Crippen molar-refractivity contribution in [2.75, 3.05) is 0 Å². The van der Waals surface area contributed by atoms with Gasteiger partial charge in [0.05, 0.1) is 16.7 Å². The molecule has 118 valence electrons. The van der Waals surface area contributed by atoms with Gasteiger partial charge in [0.2, 0.25) is 0 Å². The summed E-state index contributed by atoms with van der Waals surface area (Å²) >= 11 is 6.19. The molecule has 0 saturated heterocycles. The van der Waals surface area contributed by atoms with E-state index in [1.165, 1.54) is 0 Å². The molecular weight excluding hydrogens is 322 g/mol. The second-order valence-corrected chi connectivity index (χ2v) is 5.51. The Bertz CT molecular complexity index is 855. The number of nitriles is 1. The molecule has 0 radical (unpaired) electrons. The maximum Gasteiger partial charge on any atom is 0.142 e. The Morgan fingerprint density at radius 3 is 2.29 bits per heavy atom. The Hall–Kier alpha value is -2.96.